The molecular formula is C15H18FN3. The highest BCUT2D eigenvalue weighted by Gasteiger charge is 2.22. The Morgan fingerprint density at radius 2 is 2.21 bits per heavy atom. The van der Waals surface area contributed by atoms with E-state index in [1.807, 2.05) is 13.0 Å². The fraction of sp³-hybridized carbons (Fsp3) is 0.400. The number of hydrogen-bond donors (Lipinski definition) is 2. The van der Waals surface area contributed by atoms with Crippen LogP contribution >= 0.6 is 0 Å². The lowest BCUT2D eigenvalue weighted by molar-refractivity contribution is 0.624. The van der Waals surface area contributed by atoms with E-state index in [-0.39, 0.29) is 11.7 Å². The van der Waals surface area contributed by atoms with Gasteiger partial charge in [0.25, 0.3) is 0 Å². The molecule has 4 heteroatoms. The average molecular weight is 259 g/mol. The lowest BCUT2D eigenvalue weighted by Crippen LogP contribution is -2.23. The SMILES string of the molecule is Cc1cc(F)ccc1C(C)c1n[nH]c2c1CCNC2. The van der Waals surface area contributed by atoms with Crippen LogP contribution in [0.1, 0.15) is 40.9 Å². The van der Waals surface area contributed by atoms with E-state index in [4.69, 9.17) is 0 Å². The maximum Gasteiger partial charge on any atom is 0.123 e. The number of aromatic amines is 1. The van der Waals surface area contributed by atoms with Crippen LogP contribution in [-0.2, 0) is 13.0 Å². The highest BCUT2D eigenvalue weighted by molar-refractivity contribution is 5.39. The predicted molar refractivity (Wildman–Crippen MR) is 72.7 cm³/mol. The lowest BCUT2D eigenvalue weighted by atomic mass is 9.90. The molecule has 1 aromatic carbocycles. The number of benzene rings is 1. The molecule has 0 fully saturated rings. The van der Waals surface area contributed by atoms with Crippen LogP contribution in [0.25, 0.3) is 0 Å². The molecule has 2 aromatic rings. The van der Waals surface area contributed by atoms with Gasteiger partial charge in [-0.15, -0.1) is 0 Å². The zero-order valence-electron chi connectivity index (χ0n) is 11.3. The van der Waals surface area contributed by atoms with Gasteiger partial charge in [-0.2, -0.15) is 5.10 Å². The second-order valence-corrected chi connectivity index (χ2v) is 5.22. The number of halogens is 1. The van der Waals surface area contributed by atoms with E-state index in [1.54, 1.807) is 6.07 Å². The van der Waals surface area contributed by atoms with Gasteiger partial charge in [-0.05, 0) is 48.7 Å². The molecule has 1 unspecified atom stereocenters. The number of aryl methyl sites for hydroxylation is 1. The van der Waals surface area contributed by atoms with Crippen molar-refractivity contribution in [1.82, 2.24) is 15.5 Å². The summed E-state index contributed by atoms with van der Waals surface area (Å²) in [7, 11) is 0. The van der Waals surface area contributed by atoms with Gasteiger partial charge in [0.15, 0.2) is 0 Å². The van der Waals surface area contributed by atoms with Gasteiger partial charge in [-0.1, -0.05) is 13.0 Å². The highest BCUT2D eigenvalue weighted by Crippen LogP contribution is 2.30. The van der Waals surface area contributed by atoms with Crippen LogP contribution in [0.2, 0.25) is 0 Å². The van der Waals surface area contributed by atoms with Crippen molar-refractivity contribution >= 4 is 0 Å². The maximum absolute atomic E-state index is 13.2. The van der Waals surface area contributed by atoms with Crippen LogP contribution in [0, 0.1) is 12.7 Å². The van der Waals surface area contributed by atoms with Crippen molar-refractivity contribution in [2.75, 3.05) is 6.54 Å². The van der Waals surface area contributed by atoms with Gasteiger partial charge in [-0.25, -0.2) is 4.39 Å². The molecule has 2 N–H and O–H groups in total. The third kappa shape index (κ3) is 2.16. The molecule has 3 nitrogen and oxygen atoms in total. The Balaban J connectivity index is 1.99. The maximum atomic E-state index is 13.2. The molecule has 0 bridgehead atoms. The van der Waals surface area contributed by atoms with Gasteiger partial charge in [0.05, 0.1) is 11.4 Å². The third-order valence-electron chi connectivity index (χ3n) is 3.95. The Kier molecular flexibility index (Phi) is 3.11. The number of nitrogens with one attached hydrogen (secondary N) is 2. The van der Waals surface area contributed by atoms with Gasteiger partial charge in [0, 0.05) is 12.5 Å². The van der Waals surface area contributed by atoms with Crippen LogP contribution < -0.4 is 5.32 Å². The van der Waals surface area contributed by atoms with Crippen molar-refractivity contribution in [2.45, 2.75) is 32.7 Å². The minimum Gasteiger partial charge on any atom is -0.311 e. The molecule has 1 atom stereocenters. The largest absolute Gasteiger partial charge is 0.311 e. The zero-order valence-corrected chi connectivity index (χ0v) is 11.3. The number of nitrogens with zero attached hydrogens (tertiary/aromatic N) is 1. The van der Waals surface area contributed by atoms with Crippen molar-refractivity contribution in [3.63, 3.8) is 0 Å². The minimum atomic E-state index is -0.179. The van der Waals surface area contributed by atoms with Gasteiger partial charge in [0.2, 0.25) is 0 Å². The minimum absolute atomic E-state index is 0.179. The van der Waals surface area contributed by atoms with Crippen LogP contribution in [-0.4, -0.2) is 16.7 Å². The van der Waals surface area contributed by atoms with Gasteiger partial charge >= 0.3 is 0 Å². The van der Waals surface area contributed by atoms with E-state index >= 15 is 0 Å². The smallest absolute Gasteiger partial charge is 0.123 e. The number of rotatable bonds is 2. The molecule has 0 saturated heterocycles. The molecule has 100 valence electrons. The van der Waals surface area contributed by atoms with E-state index in [2.05, 4.69) is 22.4 Å². The zero-order chi connectivity index (χ0) is 13.4. The van der Waals surface area contributed by atoms with E-state index in [9.17, 15) is 4.39 Å². The van der Waals surface area contributed by atoms with Crippen LogP contribution in [0.3, 0.4) is 0 Å². The van der Waals surface area contributed by atoms with E-state index in [0.29, 0.717) is 0 Å². The highest BCUT2D eigenvalue weighted by atomic mass is 19.1. The number of fused-ring (bicyclic) bond motifs is 1. The quantitative estimate of drug-likeness (QED) is 0.870. The van der Waals surface area contributed by atoms with Gasteiger partial charge < -0.3 is 5.32 Å². The Morgan fingerprint density at radius 3 is 3.00 bits per heavy atom. The van der Waals surface area contributed by atoms with Gasteiger partial charge in [-0.3, -0.25) is 5.10 Å². The monoisotopic (exact) mass is 259 g/mol. The molecule has 0 radical (unpaired) electrons. The summed E-state index contributed by atoms with van der Waals surface area (Å²) in [4.78, 5) is 0. The van der Waals surface area contributed by atoms with E-state index in [1.165, 1.54) is 17.3 Å². The molecule has 0 spiro atoms. The number of aromatic nitrogens is 2. The van der Waals surface area contributed by atoms with Crippen LogP contribution in [0.15, 0.2) is 18.2 Å². The first-order valence-electron chi connectivity index (χ1n) is 6.69. The Hall–Kier alpha value is -1.68. The summed E-state index contributed by atoms with van der Waals surface area (Å²) in [5.41, 5.74) is 5.75. The Labute approximate surface area is 112 Å². The van der Waals surface area contributed by atoms with E-state index < -0.39 is 0 Å². The fourth-order valence-electron chi connectivity index (χ4n) is 2.90. The molecular weight excluding hydrogens is 241 g/mol. The fourth-order valence-corrected chi connectivity index (χ4v) is 2.90. The number of H-pyrrole nitrogens is 1. The van der Waals surface area contributed by atoms with Crippen molar-refractivity contribution in [2.24, 2.45) is 0 Å². The van der Waals surface area contributed by atoms with Crippen molar-refractivity contribution < 1.29 is 4.39 Å². The average Bonchev–Trinajstić information content (AvgIpc) is 2.82. The molecule has 2 heterocycles. The number of hydrogen-bond acceptors (Lipinski definition) is 2. The molecule has 1 aliphatic rings. The van der Waals surface area contributed by atoms with Gasteiger partial charge in [0.1, 0.15) is 5.82 Å². The Morgan fingerprint density at radius 1 is 1.37 bits per heavy atom. The first-order chi connectivity index (χ1) is 9.16. The topological polar surface area (TPSA) is 40.7 Å². The van der Waals surface area contributed by atoms with Crippen LogP contribution in [0.5, 0.6) is 0 Å². The summed E-state index contributed by atoms with van der Waals surface area (Å²) in [5, 5.41) is 10.9. The summed E-state index contributed by atoms with van der Waals surface area (Å²) in [6.45, 7) is 5.94. The predicted octanol–water partition coefficient (Wildman–Crippen LogP) is 2.65. The second-order valence-electron chi connectivity index (χ2n) is 5.22. The van der Waals surface area contributed by atoms with E-state index in [0.717, 1.165) is 36.3 Å². The molecule has 1 aromatic heterocycles. The normalized spacial score (nSPS) is 16.2. The lowest BCUT2D eigenvalue weighted by Gasteiger charge is -2.17. The molecule has 19 heavy (non-hydrogen) atoms. The standard InChI is InChI=1S/C15H18FN3/c1-9-7-11(16)3-4-12(9)10(2)15-13-5-6-17-8-14(13)18-19-15/h3-4,7,10,17H,5-6,8H2,1-2H3,(H,18,19). The first-order valence-corrected chi connectivity index (χ1v) is 6.69. The molecule has 0 saturated carbocycles. The van der Waals surface area contributed by atoms with Crippen molar-refractivity contribution in [1.29, 1.82) is 0 Å². The molecule has 3 rings (SSSR count). The summed E-state index contributed by atoms with van der Waals surface area (Å²) < 4.78 is 13.2. The van der Waals surface area contributed by atoms with Crippen molar-refractivity contribution in [3.05, 3.63) is 52.1 Å². The van der Waals surface area contributed by atoms with Crippen LogP contribution in [0.4, 0.5) is 4.39 Å². The first kappa shape index (κ1) is 12.4. The third-order valence-corrected chi connectivity index (χ3v) is 3.95. The summed E-state index contributed by atoms with van der Waals surface area (Å²) in [6.07, 6.45) is 1.01. The van der Waals surface area contributed by atoms with Crippen molar-refractivity contribution in [3.8, 4) is 0 Å². The summed E-state index contributed by atoms with van der Waals surface area (Å²) >= 11 is 0. The molecule has 0 amide bonds. The Bertz CT molecular complexity index is 603. The summed E-state index contributed by atoms with van der Waals surface area (Å²) in [6, 6.07) is 4.99. The summed E-state index contributed by atoms with van der Waals surface area (Å²) in [5.74, 6) is 0.0143. The molecule has 1 aliphatic heterocycles. The second kappa shape index (κ2) is 4.78. The molecule has 0 aliphatic carbocycles.